The first-order valence-electron chi connectivity index (χ1n) is 15.8. The fourth-order valence-corrected chi connectivity index (χ4v) is 5.77. The summed E-state index contributed by atoms with van der Waals surface area (Å²) in [7, 11) is 0. The Morgan fingerprint density at radius 3 is 1.71 bits per heavy atom. The van der Waals surface area contributed by atoms with Gasteiger partial charge < -0.3 is 41.9 Å². The number of H-pyrrole nitrogens is 2. The number of fused-ring (bicyclic) bond motifs is 2. The van der Waals surface area contributed by atoms with Gasteiger partial charge in [-0.05, 0) is 41.7 Å². The molecule has 13 nitrogen and oxygen atoms in total. The molecule has 2 heterocycles. The number of carbonyl (C=O) groups excluding carboxylic acids is 3. The molecule has 0 aliphatic rings. The topological polar surface area (TPSA) is 219 Å². The summed E-state index contributed by atoms with van der Waals surface area (Å²) in [5.74, 6) is -4.75. The maximum absolute atomic E-state index is 13.9. The molecule has 49 heavy (non-hydrogen) atoms. The van der Waals surface area contributed by atoms with Gasteiger partial charge in [-0.2, -0.15) is 0 Å². The largest absolute Gasteiger partial charge is 0.481 e. The van der Waals surface area contributed by atoms with Gasteiger partial charge in [-0.3, -0.25) is 19.2 Å². The number of carboxylic acid groups (broad SMARTS) is 2. The van der Waals surface area contributed by atoms with Gasteiger partial charge in [0.1, 0.15) is 18.1 Å². The molecule has 254 valence electrons. The van der Waals surface area contributed by atoms with Crippen molar-refractivity contribution in [1.82, 2.24) is 25.9 Å². The number of hydrogen-bond donors (Lipinski definition) is 8. The monoisotopic (exact) mass is 666 g/mol. The molecule has 5 rings (SSSR count). The Bertz CT molecular complexity index is 1950. The minimum atomic E-state index is -1.41. The van der Waals surface area contributed by atoms with Crippen LogP contribution in [0, 0.1) is 0 Å². The number of aliphatic carboxylic acids is 2. The van der Waals surface area contributed by atoms with Crippen molar-refractivity contribution in [3.8, 4) is 0 Å². The Balaban J connectivity index is 1.35. The molecule has 0 aliphatic carbocycles. The molecular formula is C36H38N6O7. The van der Waals surface area contributed by atoms with E-state index in [0.29, 0.717) is 11.1 Å². The molecule has 5 aromatic rings. The predicted molar refractivity (Wildman–Crippen MR) is 182 cm³/mol. The van der Waals surface area contributed by atoms with E-state index in [-0.39, 0.29) is 25.7 Å². The minimum Gasteiger partial charge on any atom is -0.481 e. The van der Waals surface area contributed by atoms with E-state index < -0.39 is 60.2 Å². The highest BCUT2D eigenvalue weighted by Crippen LogP contribution is 2.21. The molecule has 4 unspecified atom stereocenters. The summed E-state index contributed by atoms with van der Waals surface area (Å²) in [4.78, 5) is 70.6. The highest BCUT2D eigenvalue weighted by atomic mass is 16.4. The van der Waals surface area contributed by atoms with E-state index in [9.17, 15) is 34.2 Å². The van der Waals surface area contributed by atoms with Gasteiger partial charge in [-0.25, -0.2) is 4.79 Å². The van der Waals surface area contributed by atoms with Crippen LogP contribution in [0.25, 0.3) is 21.8 Å². The number of amides is 3. The average molecular weight is 667 g/mol. The Morgan fingerprint density at radius 2 is 1.12 bits per heavy atom. The lowest BCUT2D eigenvalue weighted by molar-refractivity contribution is -0.143. The Hall–Kier alpha value is -5.95. The SMILES string of the molecule is NC(Cc1c[nH]c2ccccc12)C(=O)NC(Cc1c[nH]c2ccccc12)C(=O)NC(CCC(=O)O)C(=O)NC(Cc1ccccc1)C(=O)O. The van der Waals surface area contributed by atoms with Gasteiger partial charge in [-0.15, -0.1) is 0 Å². The number of aromatic nitrogens is 2. The summed E-state index contributed by atoms with van der Waals surface area (Å²) >= 11 is 0. The van der Waals surface area contributed by atoms with Gasteiger partial charge in [-0.1, -0.05) is 66.7 Å². The van der Waals surface area contributed by atoms with Crippen molar-refractivity contribution in [1.29, 1.82) is 0 Å². The second-order valence-corrected chi connectivity index (χ2v) is 11.9. The highest BCUT2D eigenvalue weighted by molar-refractivity contribution is 5.95. The number of para-hydroxylation sites is 2. The molecule has 0 aliphatic heterocycles. The van der Waals surface area contributed by atoms with Crippen LogP contribution in [0.5, 0.6) is 0 Å². The first kappa shape index (κ1) is 34.4. The smallest absolute Gasteiger partial charge is 0.326 e. The molecular weight excluding hydrogens is 628 g/mol. The van der Waals surface area contributed by atoms with Crippen molar-refractivity contribution in [2.24, 2.45) is 5.73 Å². The maximum atomic E-state index is 13.9. The summed E-state index contributed by atoms with van der Waals surface area (Å²) in [6.45, 7) is 0. The van der Waals surface area contributed by atoms with Crippen LogP contribution in [0.3, 0.4) is 0 Å². The molecule has 9 N–H and O–H groups in total. The third-order valence-electron chi connectivity index (χ3n) is 8.36. The summed E-state index contributed by atoms with van der Waals surface area (Å²) in [6.07, 6.45) is 2.86. The van der Waals surface area contributed by atoms with Crippen LogP contribution in [0.15, 0.2) is 91.3 Å². The van der Waals surface area contributed by atoms with Crippen LogP contribution in [-0.4, -0.2) is 74.0 Å². The Labute approximate surface area is 281 Å². The van der Waals surface area contributed by atoms with Crippen molar-refractivity contribution >= 4 is 51.5 Å². The van der Waals surface area contributed by atoms with Crippen molar-refractivity contribution in [2.45, 2.75) is 56.3 Å². The number of nitrogens with two attached hydrogens (primary N) is 1. The van der Waals surface area contributed by atoms with Crippen LogP contribution in [0.2, 0.25) is 0 Å². The molecule has 13 heteroatoms. The molecule has 4 atom stereocenters. The molecule has 0 fully saturated rings. The van der Waals surface area contributed by atoms with E-state index in [0.717, 1.165) is 27.4 Å². The first-order chi connectivity index (χ1) is 23.6. The lowest BCUT2D eigenvalue weighted by Crippen LogP contribution is -2.58. The third kappa shape index (κ3) is 8.90. The number of aromatic amines is 2. The quantitative estimate of drug-likeness (QED) is 0.0780. The molecule has 3 amide bonds. The van der Waals surface area contributed by atoms with E-state index in [1.165, 1.54) is 0 Å². The van der Waals surface area contributed by atoms with Gasteiger partial charge in [0, 0.05) is 53.5 Å². The number of carboxylic acids is 2. The lowest BCUT2D eigenvalue weighted by atomic mass is 10.0. The van der Waals surface area contributed by atoms with Crippen LogP contribution < -0.4 is 21.7 Å². The standard InChI is InChI=1S/C36H38N6O7/c37-26(17-22-19-38-27-12-6-4-10-24(22)27)33(45)41-30(18-23-20-39-28-13-7-5-11-25(23)28)35(47)40-29(14-15-32(43)44)34(46)42-31(36(48)49)16-21-8-2-1-3-9-21/h1-13,19-20,26,29-31,38-39H,14-18,37H2,(H,40,47)(H,41,45)(H,42,46)(H,43,44)(H,48,49). The number of hydrogen-bond acceptors (Lipinski definition) is 6. The van der Waals surface area contributed by atoms with Crippen LogP contribution in [0.4, 0.5) is 0 Å². The second-order valence-electron chi connectivity index (χ2n) is 11.9. The maximum Gasteiger partial charge on any atom is 0.326 e. The summed E-state index contributed by atoms with van der Waals surface area (Å²) in [5, 5.41) is 28.7. The number of benzene rings is 3. The zero-order valence-corrected chi connectivity index (χ0v) is 26.5. The molecule has 0 spiro atoms. The van der Waals surface area contributed by atoms with E-state index in [4.69, 9.17) is 5.73 Å². The van der Waals surface area contributed by atoms with Crippen molar-refractivity contribution < 1.29 is 34.2 Å². The fraction of sp³-hybridized carbons (Fsp3) is 0.250. The number of rotatable bonds is 16. The van der Waals surface area contributed by atoms with Gasteiger partial charge in [0.25, 0.3) is 0 Å². The minimum absolute atomic E-state index is 0.0143. The van der Waals surface area contributed by atoms with E-state index >= 15 is 0 Å². The number of carbonyl (C=O) groups is 5. The fourth-order valence-electron chi connectivity index (χ4n) is 5.77. The lowest BCUT2D eigenvalue weighted by Gasteiger charge is -2.25. The Morgan fingerprint density at radius 1 is 0.612 bits per heavy atom. The van der Waals surface area contributed by atoms with Gasteiger partial charge in [0.05, 0.1) is 6.04 Å². The molecule has 0 radical (unpaired) electrons. The molecule has 0 saturated heterocycles. The van der Waals surface area contributed by atoms with Crippen LogP contribution in [-0.2, 0) is 43.2 Å². The summed E-state index contributed by atoms with van der Waals surface area (Å²) < 4.78 is 0. The third-order valence-corrected chi connectivity index (χ3v) is 8.36. The molecule has 2 aromatic heterocycles. The predicted octanol–water partition coefficient (Wildman–Crippen LogP) is 2.41. The first-order valence-corrected chi connectivity index (χ1v) is 15.8. The summed E-state index contributed by atoms with van der Waals surface area (Å²) in [5.41, 5.74) is 10.2. The zero-order valence-electron chi connectivity index (χ0n) is 26.5. The molecule has 0 bridgehead atoms. The normalized spacial score (nSPS) is 13.7. The van der Waals surface area contributed by atoms with E-state index in [1.54, 1.807) is 42.7 Å². The van der Waals surface area contributed by atoms with Crippen LogP contribution in [0.1, 0.15) is 29.5 Å². The second kappa shape index (κ2) is 15.8. The van der Waals surface area contributed by atoms with Crippen molar-refractivity contribution in [3.63, 3.8) is 0 Å². The molecule has 3 aromatic carbocycles. The zero-order chi connectivity index (χ0) is 34.9. The Kier molecular flexibility index (Phi) is 11.1. The van der Waals surface area contributed by atoms with Crippen molar-refractivity contribution in [3.05, 3.63) is 108 Å². The molecule has 0 saturated carbocycles. The van der Waals surface area contributed by atoms with E-state index in [1.807, 2.05) is 48.5 Å². The number of nitrogens with one attached hydrogen (secondary N) is 5. The van der Waals surface area contributed by atoms with Gasteiger partial charge in [0.15, 0.2) is 0 Å². The highest BCUT2D eigenvalue weighted by Gasteiger charge is 2.31. The summed E-state index contributed by atoms with van der Waals surface area (Å²) in [6, 6.07) is 18.7. The van der Waals surface area contributed by atoms with E-state index in [2.05, 4.69) is 25.9 Å². The van der Waals surface area contributed by atoms with Gasteiger partial charge >= 0.3 is 11.9 Å². The van der Waals surface area contributed by atoms with Crippen molar-refractivity contribution in [2.75, 3.05) is 0 Å². The van der Waals surface area contributed by atoms with Crippen LogP contribution >= 0.6 is 0 Å². The van der Waals surface area contributed by atoms with Gasteiger partial charge in [0.2, 0.25) is 17.7 Å². The average Bonchev–Trinajstić information content (AvgIpc) is 3.70.